The highest BCUT2D eigenvalue weighted by atomic mass is 16.7. The van der Waals surface area contributed by atoms with E-state index in [2.05, 4.69) is 66.7 Å². The second-order valence-electron chi connectivity index (χ2n) is 11.5. The highest BCUT2D eigenvalue weighted by Crippen LogP contribution is 2.39. The van der Waals surface area contributed by atoms with E-state index in [0.29, 0.717) is 24.2 Å². The van der Waals surface area contributed by atoms with Gasteiger partial charge in [-0.15, -0.1) is 0 Å². The maximum atomic E-state index is 12.8. The van der Waals surface area contributed by atoms with Crippen LogP contribution in [0.3, 0.4) is 0 Å². The van der Waals surface area contributed by atoms with Crippen molar-refractivity contribution in [2.24, 2.45) is 0 Å². The zero-order valence-electron chi connectivity index (χ0n) is 25.1. The molecule has 4 atom stereocenters. The molecule has 0 spiro atoms. The third-order valence-corrected chi connectivity index (χ3v) is 8.48. The van der Waals surface area contributed by atoms with Crippen LogP contribution in [0.25, 0.3) is 10.8 Å². The summed E-state index contributed by atoms with van der Waals surface area (Å²) >= 11 is 0. The van der Waals surface area contributed by atoms with Gasteiger partial charge in [0.25, 0.3) is 5.91 Å². The summed E-state index contributed by atoms with van der Waals surface area (Å²) in [5, 5.41) is 15.0. The lowest BCUT2D eigenvalue weighted by Gasteiger charge is -2.39. The zero-order chi connectivity index (χ0) is 30.5. The van der Waals surface area contributed by atoms with Gasteiger partial charge >= 0.3 is 0 Å². The van der Waals surface area contributed by atoms with Crippen molar-refractivity contribution in [3.63, 3.8) is 0 Å². The predicted octanol–water partition coefficient (Wildman–Crippen LogP) is 7.82. The van der Waals surface area contributed by atoms with Crippen molar-refractivity contribution < 1.29 is 19.4 Å². The molecule has 44 heavy (non-hydrogen) atoms. The van der Waals surface area contributed by atoms with E-state index in [1.54, 1.807) is 12.1 Å². The molecule has 0 aliphatic carbocycles. The summed E-state index contributed by atoms with van der Waals surface area (Å²) in [4.78, 5) is 15.2. The molecule has 1 heterocycles. The summed E-state index contributed by atoms with van der Waals surface area (Å²) in [5.41, 5.74) is 5.27. The molecule has 2 N–H and O–H groups in total. The minimum atomic E-state index is -0.616. The van der Waals surface area contributed by atoms with Crippen LogP contribution >= 0.6 is 0 Å². The lowest BCUT2D eigenvalue weighted by atomic mass is 9.98. The maximum absolute atomic E-state index is 12.8. The van der Waals surface area contributed by atoms with Crippen LogP contribution in [0.15, 0.2) is 121 Å². The minimum absolute atomic E-state index is 0.000879. The molecule has 1 aliphatic rings. The SMILES string of the molecule is CC(c1ccc2ccccc2c1)N(C)CC1CC(c2ccc(CO)cc2)OC(c2cccc(NC(=O)c3ccccc3)c2)O1. The van der Waals surface area contributed by atoms with Crippen LogP contribution in [0.5, 0.6) is 0 Å². The number of aliphatic hydroxyl groups is 1. The molecule has 1 amide bonds. The average molecular weight is 587 g/mol. The summed E-state index contributed by atoms with van der Waals surface area (Å²) < 4.78 is 13.2. The average Bonchev–Trinajstić information content (AvgIpc) is 3.08. The van der Waals surface area contributed by atoms with Gasteiger partial charge in [0, 0.05) is 35.8 Å². The molecule has 1 saturated heterocycles. The number of anilines is 1. The number of likely N-dealkylation sites (N-methyl/N-ethyl adjacent to an activating group) is 1. The molecule has 0 saturated carbocycles. The number of carbonyl (C=O) groups excluding carboxylic acids is 1. The number of nitrogens with zero attached hydrogens (tertiary/aromatic N) is 1. The van der Waals surface area contributed by atoms with Gasteiger partial charge in [-0.3, -0.25) is 9.69 Å². The summed E-state index contributed by atoms with van der Waals surface area (Å²) in [7, 11) is 2.14. The Morgan fingerprint density at radius 3 is 2.36 bits per heavy atom. The number of benzene rings is 5. The number of rotatable bonds is 9. The number of aliphatic hydroxyl groups excluding tert-OH is 1. The topological polar surface area (TPSA) is 71.0 Å². The first-order chi connectivity index (χ1) is 21.5. The van der Waals surface area contributed by atoms with Crippen LogP contribution in [0.1, 0.15) is 64.4 Å². The third kappa shape index (κ3) is 6.90. The van der Waals surface area contributed by atoms with Crippen molar-refractivity contribution in [2.75, 3.05) is 18.9 Å². The van der Waals surface area contributed by atoms with Crippen LogP contribution in [0.2, 0.25) is 0 Å². The van der Waals surface area contributed by atoms with Gasteiger partial charge in [0.15, 0.2) is 6.29 Å². The molecule has 1 aliphatic heterocycles. The largest absolute Gasteiger partial charge is 0.392 e. The molecular weight excluding hydrogens is 548 g/mol. The Labute approximate surface area is 258 Å². The predicted molar refractivity (Wildman–Crippen MR) is 174 cm³/mol. The Bertz CT molecular complexity index is 1710. The smallest absolute Gasteiger partial charge is 0.255 e. The van der Waals surface area contributed by atoms with Crippen LogP contribution < -0.4 is 5.32 Å². The Kier molecular flexibility index (Phi) is 9.15. The minimum Gasteiger partial charge on any atom is -0.392 e. The molecule has 1 fully saturated rings. The second-order valence-corrected chi connectivity index (χ2v) is 11.5. The quantitative estimate of drug-likeness (QED) is 0.184. The molecule has 224 valence electrons. The van der Waals surface area contributed by atoms with E-state index in [0.717, 1.165) is 16.7 Å². The number of hydrogen-bond donors (Lipinski definition) is 2. The lowest BCUT2D eigenvalue weighted by molar-refractivity contribution is -0.253. The number of fused-ring (bicyclic) bond motifs is 1. The standard InChI is InChI=1S/C38H38N2O4/c1-26(31-20-19-28-9-6-7-12-32(28)21-31)40(2)24-35-23-36(29-17-15-27(25-41)16-18-29)44-38(43-35)33-13-8-14-34(22-33)39-37(42)30-10-4-3-5-11-30/h3-22,26,35-36,38,41H,23-25H2,1-2H3,(H,39,42). The fourth-order valence-corrected chi connectivity index (χ4v) is 5.79. The highest BCUT2D eigenvalue weighted by Gasteiger charge is 2.33. The summed E-state index contributed by atoms with van der Waals surface area (Å²) in [6, 6.07) is 40.0. The number of nitrogens with one attached hydrogen (secondary N) is 1. The normalized spacial score (nSPS) is 19.1. The Morgan fingerprint density at radius 1 is 0.841 bits per heavy atom. The van der Waals surface area contributed by atoms with E-state index < -0.39 is 6.29 Å². The van der Waals surface area contributed by atoms with Crippen molar-refractivity contribution >= 4 is 22.4 Å². The van der Waals surface area contributed by atoms with Gasteiger partial charge in [-0.25, -0.2) is 0 Å². The van der Waals surface area contributed by atoms with Crippen molar-refractivity contribution in [3.8, 4) is 0 Å². The van der Waals surface area contributed by atoms with Gasteiger partial charge in [0.2, 0.25) is 0 Å². The van der Waals surface area contributed by atoms with E-state index in [1.807, 2.05) is 66.7 Å². The molecule has 0 radical (unpaired) electrons. The molecule has 6 nitrogen and oxygen atoms in total. The Hall–Kier alpha value is -4.33. The highest BCUT2D eigenvalue weighted by molar-refractivity contribution is 6.04. The summed E-state index contributed by atoms with van der Waals surface area (Å²) in [5.74, 6) is -0.169. The van der Waals surface area contributed by atoms with E-state index in [-0.39, 0.29) is 30.8 Å². The van der Waals surface area contributed by atoms with Crippen molar-refractivity contribution in [1.82, 2.24) is 4.90 Å². The molecule has 4 unspecified atom stereocenters. The number of amides is 1. The molecule has 6 heteroatoms. The molecule has 0 aromatic heterocycles. The fraction of sp³-hybridized carbons (Fsp3) is 0.237. The van der Waals surface area contributed by atoms with Crippen molar-refractivity contribution in [3.05, 3.63) is 149 Å². The van der Waals surface area contributed by atoms with Gasteiger partial charge in [0.1, 0.15) is 0 Å². The Balaban J connectivity index is 1.22. The summed E-state index contributed by atoms with van der Waals surface area (Å²) in [6.45, 7) is 2.94. The zero-order valence-corrected chi connectivity index (χ0v) is 25.1. The van der Waals surface area contributed by atoms with Crippen LogP contribution in [0.4, 0.5) is 5.69 Å². The van der Waals surface area contributed by atoms with Gasteiger partial charge in [-0.2, -0.15) is 0 Å². The van der Waals surface area contributed by atoms with Crippen LogP contribution in [-0.4, -0.2) is 35.6 Å². The third-order valence-electron chi connectivity index (χ3n) is 8.48. The molecule has 5 aromatic carbocycles. The second kappa shape index (κ2) is 13.5. The first kappa shape index (κ1) is 29.7. The van der Waals surface area contributed by atoms with Gasteiger partial charge in [0.05, 0.1) is 18.8 Å². The number of ether oxygens (including phenoxy) is 2. The first-order valence-electron chi connectivity index (χ1n) is 15.1. The molecule has 6 rings (SSSR count). The lowest BCUT2D eigenvalue weighted by Crippen LogP contribution is -2.38. The van der Waals surface area contributed by atoms with Crippen molar-refractivity contribution in [1.29, 1.82) is 0 Å². The molecule has 5 aromatic rings. The number of hydrogen-bond acceptors (Lipinski definition) is 5. The van der Waals surface area contributed by atoms with Gasteiger partial charge in [-0.05, 0) is 71.8 Å². The first-order valence-corrected chi connectivity index (χ1v) is 15.1. The van der Waals surface area contributed by atoms with E-state index in [9.17, 15) is 9.90 Å². The Morgan fingerprint density at radius 2 is 1.59 bits per heavy atom. The van der Waals surface area contributed by atoms with E-state index >= 15 is 0 Å². The van der Waals surface area contributed by atoms with Crippen LogP contribution in [-0.2, 0) is 16.1 Å². The summed E-state index contributed by atoms with van der Waals surface area (Å²) in [6.07, 6.45) is -0.229. The van der Waals surface area contributed by atoms with E-state index in [1.165, 1.54) is 16.3 Å². The van der Waals surface area contributed by atoms with Crippen molar-refractivity contribution in [2.45, 2.75) is 44.5 Å². The fourth-order valence-electron chi connectivity index (χ4n) is 5.79. The molecule has 0 bridgehead atoms. The monoisotopic (exact) mass is 586 g/mol. The van der Waals surface area contributed by atoms with Gasteiger partial charge in [-0.1, -0.05) is 91.0 Å². The maximum Gasteiger partial charge on any atom is 0.255 e. The van der Waals surface area contributed by atoms with Crippen LogP contribution in [0, 0.1) is 0 Å². The molecular formula is C38H38N2O4. The van der Waals surface area contributed by atoms with E-state index in [4.69, 9.17) is 9.47 Å². The van der Waals surface area contributed by atoms with Gasteiger partial charge < -0.3 is 19.9 Å². The number of carbonyl (C=O) groups is 1.